The monoisotopic (exact) mass is 498 g/mol. The zero-order valence-electron chi connectivity index (χ0n) is 24.1. The zero-order chi connectivity index (χ0) is 26.5. The third-order valence-electron chi connectivity index (χ3n) is 13.8. The van der Waals surface area contributed by atoms with Gasteiger partial charge in [-0.25, -0.2) is 0 Å². The summed E-state index contributed by atoms with van der Waals surface area (Å²) in [6.45, 7) is 18.4. The van der Waals surface area contributed by atoms with E-state index < -0.39 is 17.5 Å². The van der Waals surface area contributed by atoms with Gasteiger partial charge in [0.05, 0.1) is 0 Å². The average Bonchev–Trinajstić information content (AvgIpc) is 2.79. The summed E-state index contributed by atoms with van der Waals surface area (Å²) in [5.74, 6) is 1.47. The molecule has 0 bridgehead atoms. The van der Waals surface area contributed by atoms with Gasteiger partial charge in [0.1, 0.15) is 11.5 Å². The summed E-state index contributed by atoms with van der Waals surface area (Å²) < 4.78 is 5.69. The predicted molar refractivity (Wildman–Crippen MR) is 142 cm³/mol. The molecule has 0 unspecified atom stereocenters. The first kappa shape index (κ1) is 26.3. The summed E-state index contributed by atoms with van der Waals surface area (Å²) in [5, 5.41) is 10.5. The van der Waals surface area contributed by atoms with Gasteiger partial charge in [-0.1, -0.05) is 53.2 Å². The van der Waals surface area contributed by atoms with Crippen molar-refractivity contribution in [3.8, 4) is 0 Å². The molecule has 1 N–H and O–H groups in total. The van der Waals surface area contributed by atoms with Crippen LogP contribution in [0.4, 0.5) is 0 Å². The van der Waals surface area contributed by atoms with Crippen molar-refractivity contribution in [2.75, 3.05) is 0 Å². The van der Waals surface area contributed by atoms with Crippen LogP contribution in [0.3, 0.4) is 0 Å². The summed E-state index contributed by atoms with van der Waals surface area (Å²) in [6, 6.07) is 0. The number of carboxylic acids is 1. The van der Waals surface area contributed by atoms with Crippen molar-refractivity contribution in [3.05, 3.63) is 11.6 Å². The van der Waals surface area contributed by atoms with Crippen molar-refractivity contribution >= 4 is 11.9 Å². The minimum atomic E-state index is -1.04. The van der Waals surface area contributed by atoms with Crippen molar-refractivity contribution < 1.29 is 19.4 Å². The molecule has 0 aliphatic heterocycles. The molecule has 0 radical (unpaired) electrons. The summed E-state index contributed by atoms with van der Waals surface area (Å²) >= 11 is 0. The quantitative estimate of drug-likeness (QED) is 0.313. The Hall–Kier alpha value is -1.32. The molecule has 0 aromatic heterocycles. The normalized spacial score (nSPS) is 54.2. The molecule has 5 aliphatic rings. The van der Waals surface area contributed by atoms with Crippen LogP contribution in [0.15, 0.2) is 11.6 Å². The van der Waals surface area contributed by atoms with Gasteiger partial charge in [0.25, 0.3) is 0 Å². The smallest absolute Gasteiger partial charge is 0.313 e. The van der Waals surface area contributed by atoms with Gasteiger partial charge in [0.2, 0.25) is 0 Å². The van der Waals surface area contributed by atoms with Crippen LogP contribution < -0.4 is 0 Å². The summed E-state index contributed by atoms with van der Waals surface area (Å²) in [7, 11) is 0. The maximum absolute atomic E-state index is 12.9. The second-order valence-electron chi connectivity index (χ2n) is 15.0. The molecular weight excluding hydrogens is 448 g/mol. The molecule has 36 heavy (non-hydrogen) atoms. The molecule has 4 fully saturated rings. The Morgan fingerprint density at radius 3 is 2.25 bits per heavy atom. The van der Waals surface area contributed by atoms with E-state index in [1.54, 1.807) is 5.57 Å². The van der Waals surface area contributed by atoms with E-state index in [0.717, 1.165) is 37.5 Å². The number of esters is 1. The van der Waals surface area contributed by atoms with Gasteiger partial charge in [-0.05, 0) is 116 Å². The Morgan fingerprint density at radius 2 is 1.61 bits per heavy atom. The fraction of sp³-hybridized carbons (Fsp3) is 0.875. The van der Waals surface area contributed by atoms with E-state index in [1.807, 2.05) is 6.92 Å². The first-order chi connectivity index (χ1) is 16.6. The molecule has 0 amide bonds. The number of allylic oxidation sites excluding steroid dienone is 2. The zero-order valence-corrected chi connectivity index (χ0v) is 24.1. The third kappa shape index (κ3) is 3.17. The molecule has 0 aromatic carbocycles. The van der Waals surface area contributed by atoms with Crippen LogP contribution in [0.1, 0.15) is 113 Å². The lowest BCUT2D eigenvalue weighted by Gasteiger charge is -2.71. The fourth-order valence-corrected chi connectivity index (χ4v) is 11.2. The van der Waals surface area contributed by atoms with Crippen LogP contribution in [0, 0.1) is 56.7 Å². The Bertz CT molecular complexity index is 985. The summed E-state index contributed by atoms with van der Waals surface area (Å²) in [5.41, 5.74) is 1.40. The molecule has 0 heterocycles. The lowest BCUT2D eigenvalue weighted by Crippen LogP contribution is -2.66. The number of aliphatic carboxylic acids is 1. The Morgan fingerprint density at radius 1 is 0.917 bits per heavy atom. The molecule has 5 aliphatic carbocycles. The molecule has 4 saturated carbocycles. The number of carbonyl (C=O) groups excluding carboxylic acids is 1. The van der Waals surface area contributed by atoms with Crippen LogP contribution in [-0.2, 0) is 14.3 Å². The van der Waals surface area contributed by atoms with Crippen molar-refractivity contribution in [3.63, 3.8) is 0 Å². The Labute approximate surface area is 219 Å². The van der Waals surface area contributed by atoms with E-state index in [4.69, 9.17) is 4.74 Å². The number of hydrogen-bond donors (Lipinski definition) is 1. The molecule has 5 rings (SSSR count). The molecule has 4 heteroatoms. The highest BCUT2D eigenvalue weighted by atomic mass is 16.5. The molecule has 11 atom stereocenters. The standard InChI is InChI=1S/C32H50O4/c1-19-11-14-28(4)17-18-30(6)22(26(28)20(19)2)9-10-23-29(5)15-13-25(36-21(3)33)32(8,27(34)35)24(29)12-16-31(23,30)7/h9,19-20,23-26H,10-18H2,1-8H3,(H,34,35)/t19-,20+,23-,24+,25-,26-,28-,29+,30+,31-,32-/m0/s1. The molecule has 4 nitrogen and oxygen atoms in total. The van der Waals surface area contributed by atoms with Crippen LogP contribution in [0.5, 0.6) is 0 Å². The highest BCUT2D eigenvalue weighted by molar-refractivity contribution is 5.77. The SMILES string of the molecule is CC(=O)O[C@H]1CC[C@@]2(C)[C@@H](CC[C@@]3(C)[C@H]2CC=C2[C@@H]4[C@H](C)[C@@H](C)CC[C@@]4(C)CC[C@]23C)[C@]1(C)C(=O)O. The average molecular weight is 499 g/mol. The molecule has 0 aromatic rings. The van der Waals surface area contributed by atoms with Crippen LogP contribution in [0.25, 0.3) is 0 Å². The molecular formula is C32H50O4. The van der Waals surface area contributed by atoms with E-state index >= 15 is 0 Å². The molecule has 0 spiro atoms. The molecule has 202 valence electrons. The first-order valence-electron chi connectivity index (χ1n) is 14.8. The van der Waals surface area contributed by atoms with Crippen LogP contribution in [-0.4, -0.2) is 23.1 Å². The number of fused-ring (bicyclic) bond motifs is 7. The van der Waals surface area contributed by atoms with E-state index in [0.29, 0.717) is 23.7 Å². The van der Waals surface area contributed by atoms with Gasteiger partial charge in [0, 0.05) is 6.92 Å². The van der Waals surface area contributed by atoms with Gasteiger partial charge in [-0.2, -0.15) is 0 Å². The minimum Gasteiger partial charge on any atom is -0.481 e. The predicted octanol–water partition coefficient (Wildman–Crippen LogP) is 7.66. The largest absolute Gasteiger partial charge is 0.481 e. The van der Waals surface area contributed by atoms with Crippen molar-refractivity contribution in [1.29, 1.82) is 0 Å². The third-order valence-corrected chi connectivity index (χ3v) is 13.8. The number of ether oxygens (including phenoxy) is 1. The second kappa shape index (κ2) is 8.09. The van der Waals surface area contributed by atoms with Crippen molar-refractivity contribution in [2.45, 2.75) is 119 Å². The lowest BCUT2D eigenvalue weighted by atomic mass is 9.33. The van der Waals surface area contributed by atoms with E-state index in [2.05, 4.69) is 47.6 Å². The van der Waals surface area contributed by atoms with Crippen LogP contribution >= 0.6 is 0 Å². The maximum Gasteiger partial charge on any atom is 0.313 e. The second-order valence-corrected chi connectivity index (χ2v) is 15.0. The van der Waals surface area contributed by atoms with Gasteiger partial charge in [-0.3, -0.25) is 9.59 Å². The highest BCUT2D eigenvalue weighted by Gasteiger charge is 2.70. The topological polar surface area (TPSA) is 63.6 Å². The summed E-state index contributed by atoms with van der Waals surface area (Å²) in [4.78, 5) is 24.8. The minimum absolute atomic E-state index is 0.0136. The number of rotatable bonds is 2. The van der Waals surface area contributed by atoms with Crippen molar-refractivity contribution in [2.24, 2.45) is 56.7 Å². The van der Waals surface area contributed by atoms with Gasteiger partial charge < -0.3 is 9.84 Å². The van der Waals surface area contributed by atoms with E-state index in [1.165, 1.54) is 32.6 Å². The number of carbonyl (C=O) groups is 2. The fourth-order valence-electron chi connectivity index (χ4n) is 11.2. The highest BCUT2D eigenvalue weighted by Crippen LogP contribution is 2.75. The number of hydrogen-bond acceptors (Lipinski definition) is 3. The molecule has 0 saturated heterocycles. The lowest BCUT2D eigenvalue weighted by molar-refractivity contribution is -0.223. The van der Waals surface area contributed by atoms with Gasteiger partial charge in [0.15, 0.2) is 0 Å². The van der Waals surface area contributed by atoms with Crippen molar-refractivity contribution in [1.82, 2.24) is 0 Å². The van der Waals surface area contributed by atoms with E-state index in [9.17, 15) is 14.7 Å². The Kier molecular flexibility index (Phi) is 5.91. The number of carboxylic acid groups (broad SMARTS) is 1. The van der Waals surface area contributed by atoms with Gasteiger partial charge in [-0.15, -0.1) is 0 Å². The Balaban J connectivity index is 1.57. The van der Waals surface area contributed by atoms with E-state index in [-0.39, 0.29) is 28.1 Å². The van der Waals surface area contributed by atoms with Crippen LogP contribution in [0.2, 0.25) is 0 Å². The first-order valence-corrected chi connectivity index (χ1v) is 14.8. The summed E-state index contributed by atoms with van der Waals surface area (Å²) in [6.07, 6.45) is 12.0. The maximum atomic E-state index is 12.9. The van der Waals surface area contributed by atoms with Gasteiger partial charge >= 0.3 is 11.9 Å².